The van der Waals surface area contributed by atoms with Crippen molar-refractivity contribution < 1.29 is 0 Å². The molecule has 1 rings (SSSR count). The highest BCUT2D eigenvalue weighted by molar-refractivity contribution is 5.98. The molecule has 0 atom stereocenters. The normalized spacial score (nSPS) is 12.1. The van der Waals surface area contributed by atoms with Gasteiger partial charge in [-0.25, -0.2) is 0 Å². The summed E-state index contributed by atoms with van der Waals surface area (Å²) in [5.74, 6) is 0.510. The van der Waals surface area contributed by atoms with Gasteiger partial charge in [-0.05, 0) is 45.3 Å². The molecule has 0 aliphatic rings. The number of aliphatic imine (C=N–C) groups is 1. The highest BCUT2D eigenvalue weighted by atomic mass is 15.0. The fraction of sp³-hybridized carbons (Fsp3) is 0.417. The van der Waals surface area contributed by atoms with E-state index in [1.165, 1.54) is 0 Å². The zero-order valence-electron chi connectivity index (χ0n) is 10.5. The van der Waals surface area contributed by atoms with Crippen molar-refractivity contribution in [3.63, 3.8) is 0 Å². The van der Waals surface area contributed by atoms with Crippen molar-refractivity contribution >= 4 is 17.2 Å². The molecule has 0 spiro atoms. The van der Waals surface area contributed by atoms with Crippen molar-refractivity contribution in [3.05, 3.63) is 23.8 Å². The van der Waals surface area contributed by atoms with Gasteiger partial charge in [0, 0.05) is 12.1 Å². The lowest BCUT2D eigenvalue weighted by Crippen LogP contribution is -2.17. The largest absolute Gasteiger partial charge is 0.397 e. The van der Waals surface area contributed by atoms with E-state index in [-0.39, 0.29) is 0 Å². The van der Waals surface area contributed by atoms with E-state index in [0.29, 0.717) is 23.8 Å². The minimum Gasteiger partial charge on any atom is -0.397 e. The Balaban J connectivity index is 2.59. The fourth-order valence-electron chi connectivity index (χ4n) is 1.41. The first-order valence-electron chi connectivity index (χ1n) is 5.60. The maximum atomic E-state index is 5.87. The van der Waals surface area contributed by atoms with Crippen LogP contribution in [0.2, 0.25) is 0 Å². The summed E-state index contributed by atoms with van der Waals surface area (Å²) in [6, 6.07) is 5.32. The molecule has 0 radical (unpaired) electrons. The fourth-order valence-corrected chi connectivity index (χ4v) is 1.41. The van der Waals surface area contributed by atoms with Crippen molar-refractivity contribution in [2.24, 2.45) is 10.7 Å². The molecule has 0 saturated heterocycles. The number of nitrogens with zero attached hydrogens (tertiary/aromatic N) is 2. The molecule has 0 aliphatic heterocycles. The summed E-state index contributed by atoms with van der Waals surface area (Å²) in [5.41, 5.74) is 19.1. The first-order valence-corrected chi connectivity index (χ1v) is 5.60. The predicted octanol–water partition coefficient (Wildman–Crippen LogP) is 0.508. The molecular weight excluding hydrogens is 214 g/mol. The zero-order valence-corrected chi connectivity index (χ0v) is 10.5. The second kappa shape index (κ2) is 6.10. The Bertz CT molecular complexity index is 398. The van der Waals surface area contributed by atoms with Crippen LogP contribution in [0.15, 0.2) is 23.2 Å². The van der Waals surface area contributed by atoms with Crippen LogP contribution in [0, 0.1) is 0 Å². The Morgan fingerprint density at radius 1 is 1.24 bits per heavy atom. The maximum Gasteiger partial charge on any atom is 0.125 e. The predicted molar refractivity (Wildman–Crippen MR) is 74.0 cm³/mol. The van der Waals surface area contributed by atoms with Crippen LogP contribution in [0.25, 0.3) is 0 Å². The van der Waals surface area contributed by atoms with Gasteiger partial charge in [-0.15, -0.1) is 0 Å². The standard InChI is InChI=1S/C12H21N5/c1-17(2)7-3-6-16-12(15)9-4-5-10(13)11(14)8-9/h4-5,8H,3,6-7,13-14H2,1-2H3,(H2,15,16). The van der Waals surface area contributed by atoms with Gasteiger partial charge in [-0.1, -0.05) is 0 Å². The number of anilines is 2. The highest BCUT2D eigenvalue weighted by Crippen LogP contribution is 2.15. The Kier molecular flexibility index (Phi) is 4.78. The number of amidine groups is 1. The number of hydrogen-bond donors (Lipinski definition) is 3. The summed E-state index contributed by atoms with van der Waals surface area (Å²) in [4.78, 5) is 6.43. The van der Waals surface area contributed by atoms with Gasteiger partial charge in [0.25, 0.3) is 0 Å². The number of nitrogens with two attached hydrogens (primary N) is 3. The molecule has 17 heavy (non-hydrogen) atoms. The summed E-state index contributed by atoms with van der Waals surface area (Å²) in [7, 11) is 4.07. The first-order chi connectivity index (χ1) is 8.00. The first kappa shape index (κ1) is 13.3. The van der Waals surface area contributed by atoms with Crippen LogP contribution in [-0.2, 0) is 0 Å². The molecule has 5 nitrogen and oxygen atoms in total. The van der Waals surface area contributed by atoms with Crippen molar-refractivity contribution in [1.29, 1.82) is 0 Å². The van der Waals surface area contributed by atoms with Gasteiger partial charge in [0.2, 0.25) is 0 Å². The lowest BCUT2D eigenvalue weighted by molar-refractivity contribution is 0.403. The van der Waals surface area contributed by atoms with E-state index in [0.717, 1.165) is 18.5 Å². The molecule has 5 heteroatoms. The number of benzene rings is 1. The summed E-state index contributed by atoms with van der Waals surface area (Å²) in [6.45, 7) is 1.72. The molecule has 6 N–H and O–H groups in total. The lowest BCUT2D eigenvalue weighted by atomic mass is 10.1. The summed E-state index contributed by atoms with van der Waals surface area (Å²) >= 11 is 0. The minimum atomic E-state index is 0.510. The van der Waals surface area contributed by atoms with Gasteiger partial charge in [0.1, 0.15) is 5.84 Å². The molecule has 0 aromatic heterocycles. The summed E-state index contributed by atoms with van der Waals surface area (Å²) < 4.78 is 0. The van der Waals surface area contributed by atoms with Gasteiger partial charge in [-0.3, -0.25) is 4.99 Å². The monoisotopic (exact) mass is 235 g/mol. The third-order valence-corrected chi connectivity index (χ3v) is 2.43. The molecule has 94 valence electrons. The molecule has 0 aliphatic carbocycles. The molecule has 0 amide bonds. The van der Waals surface area contributed by atoms with Crippen molar-refractivity contribution in [1.82, 2.24) is 4.90 Å². The van der Waals surface area contributed by atoms with E-state index >= 15 is 0 Å². The van der Waals surface area contributed by atoms with E-state index in [4.69, 9.17) is 17.2 Å². The van der Waals surface area contributed by atoms with Gasteiger partial charge in [0.15, 0.2) is 0 Å². The molecular formula is C12H21N5. The average molecular weight is 235 g/mol. The second-order valence-electron chi connectivity index (χ2n) is 4.27. The van der Waals surface area contributed by atoms with Gasteiger partial charge >= 0.3 is 0 Å². The Morgan fingerprint density at radius 2 is 1.94 bits per heavy atom. The van der Waals surface area contributed by atoms with Gasteiger partial charge < -0.3 is 22.1 Å². The minimum absolute atomic E-state index is 0.510. The Hall–Kier alpha value is -1.75. The van der Waals surface area contributed by atoms with Crippen LogP contribution in [0.3, 0.4) is 0 Å². The SMILES string of the molecule is CN(C)CCCN=C(N)c1ccc(N)c(N)c1. The molecule has 1 aromatic carbocycles. The van der Waals surface area contributed by atoms with E-state index in [9.17, 15) is 0 Å². The summed E-state index contributed by atoms with van der Waals surface area (Å²) in [6.07, 6.45) is 0.984. The van der Waals surface area contributed by atoms with Crippen LogP contribution in [0.5, 0.6) is 0 Å². The third-order valence-electron chi connectivity index (χ3n) is 2.43. The number of hydrogen-bond acceptors (Lipinski definition) is 4. The number of nitrogen functional groups attached to an aromatic ring is 2. The summed E-state index contributed by atoms with van der Waals surface area (Å²) in [5, 5.41) is 0. The number of rotatable bonds is 5. The lowest BCUT2D eigenvalue weighted by Gasteiger charge is -2.08. The average Bonchev–Trinajstić information content (AvgIpc) is 2.27. The van der Waals surface area contributed by atoms with Crippen LogP contribution in [0.1, 0.15) is 12.0 Å². The van der Waals surface area contributed by atoms with Crippen molar-refractivity contribution in [3.8, 4) is 0 Å². The van der Waals surface area contributed by atoms with Crippen LogP contribution in [-0.4, -0.2) is 37.9 Å². The topological polar surface area (TPSA) is 93.7 Å². The van der Waals surface area contributed by atoms with Crippen LogP contribution in [0.4, 0.5) is 11.4 Å². The molecule has 0 bridgehead atoms. The Labute approximate surface area is 102 Å². The van der Waals surface area contributed by atoms with Gasteiger partial charge in [-0.2, -0.15) is 0 Å². The van der Waals surface area contributed by atoms with E-state index in [1.54, 1.807) is 12.1 Å². The van der Waals surface area contributed by atoms with Crippen molar-refractivity contribution in [2.75, 3.05) is 38.7 Å². The highest BCUT2D eigenvalue weighted by Gasteiger charge is 2.01. The van der Waals surface area contributed by atoms with Crippen LogP contribution < -0.4 is 17.2 Å². The zero-order chi connectivity index (χ0) is 12.8. The quantitative estimate of drug-likeness (QED) is 0.300. The third kappa shape index (κ3) is 4.32. The van der Waals surface area contributed by atoms with Crippen LogP contribution >= 0.6 is 0 Å². The smallest absolute Gasteiger partial charge is 0.125 e. The van der Waals surface area contributed by atoms with E-state index < -0.39 is 0 Å². The Morgan fingerprint density at radius 3 is 2.53 bits per heavy atom. The van der Waals surface area contributed by atoms with Crippen molar-refractivity contribution in [2.45, 2.75) is 6.42 Å². The molecule has 0 fully saturated rings. The second-order valence-corrected chi connectivity index (χ2v) is 4.27. The van der Waals surface area contributed by atoms with E-state index in [2.05, 4.69) is 9.89 Å². The molecule has 0 saturated carbocycles. The molecule has 1 aromatic rings. The molecule has 0 unspecified atom stereocenters. The van der Waals surface area contributed by atoms with Gasteiger partial charge in [0.05, 0.1) is 11.4 Å². The molecule has 0 heterocycles. The van der Waals surface area contributed by atoms with E-state index in [1.807, 2.05) is 20.2 Å². The maximum absolute atomic E-state index is 5.87.